The lowest BCUT2D eigenvalue weighted by Gasteiger charge is -2.37. The quantitative estimate of drug-likeness (QED) is 0.586. The molecule has 1 aliphatic carbocycles. The number of benzene rings is 1. The van der Waals surface area contributed by atoms with E-state index < -0.39 is 0 Å². The van der Waals surface area contributed by atoms with E-state index in [1.807, 2.05) is 43.3 Å². The van der Waals surface area contributed by atoms with Crippen molar-refractivity contribution in [2.75, 3.05) is 23.8 Å². The standard InChI is InChI=1S/C26H31N5O2/c1-16-15-32-17(2)14-31(16)24-12-22(29-26(30-24)20-9-10-20)21-11-23(25(27)28-13-21)33-18(3)19-7-5-4-6-8-19/h4-8,11-13,16-18,20H,9-10,14-15H2,1-3H3,(H2,27,28)/t16-,17-,18?/m0/s1. The second-order valence-corrected chi connectivity index (χ2v) is 9.17. The second kappa shape index (κ2) is 8.98. The van der Waals surface area contributed by atoms with E-state index in [0.29, 0.717) is 24.1 Å². The number of nitrogens with zero attached hydrogens (tertiary/aromatic N) is 4. The Morgan fingerprint density at radius 1 is 1.12 bits per heavy atom. The Balaban J connectivity index is 1.48. The van der Waals surface area contributed by atoms with E-state index >= 15 is 0 Å². The molecule has 2 N–H and O–H groups in total. The van der Waals surface area contributed by atoms with Crippen LogP contribution in [0.4, 0.5) is 11.6 Å². The Hall–Kier alpha value is -3.19. The SMILES string of the molecule is CC(Oc1cc(-c2cc(N3C[C@H](C)OC[C@@H]3C)nc(C3CC3)n2)cnc1N)c1ccccc1. The molecule has 0 amide bonds. The topological polar surface area (TPSA) is 86.4 Å². The van der Waals surface area contributed by atoms with E-state index in [4.69, 9.17) is 25.2 Å². The number of aromatic nitrogens is 3. The van der Waals surface area contributed by atoms with Crippen molar-refractivity contribution in [3.05, 3.63) is 60.0 Å². The lowest BCUT2D eigenvalue weighted by atomic mass is 10.1. The lowest BCUT2D eigenvalue weighted by molar-refractivity contribution is 0.0340. The van der Waals surface area contributed by atoms with Crippen LogP contribution in [0.15, 0.2) is 48.7 Å². The fourth-order valence-electron chi connectivity index (χ4n) is 4.17. The Morgan fingerprint density at radius 3 is 2.67 bits per heavy atom. The minimum absolute atomic E-state index is 0.149. The predicted octanol–water partition coefficient (Wildman–Crippen LogP) is 4.75. The number of nitrogens with two attached hydrogens (primary N) is 1. The largest absolute Gasteiger partial charge is 0.482 e. The van der Waals surface area contributed by atoms with Crippen LogP contribution in [0.1, 0.15) is 57.0 Å². The molecule has 2 aliphatic rings. The summed E-state index contributed by atoms with van der Waals surface area (Å²) in [5, 5.41) is 0. The van der Waals surface area contributed by atoms with Crippen molar-refractivity contribution < 1.29 is 9.47 Å². The molecule has 172 valence electrons. The number of anilines is 2. The van der Waals surface area contributed by atoms with Gasteiger partial charge in [0.25, 0.3) is 0 Å². The monoisotopic (exact) mass is 445 g/mol. The van der Waals surface area contributed by atoms with Crippen molar-refractivity contribution in [1.82, 2.24) is 15.0 Å². The first kappa shape index (κ1) is 21.6. The molecule has 1 aromatic carbocycles. The van der Waals surface area contributed by atoms with Gasteiger partial charge in [-0.3, -0.25) is 0 Å². The summed E-state index contributed by atoms with van der Waals surface area (Å²) in [6.45, 7) is 7.79. The molecule has 3 aromatic rings. The normalized spacial score (nSPS) is 21.6. The zero-order chi connectivity index (χ0) is 22.9. The summed E-state index contributed by atoms with van der Waals surface area (Å²) >= 11 is 0. The van der Waals surface area contributed by atoms with Crippen LogP contribution in [0, 0.1) is 0 Å². The highest BCUT2D eigenvalue weighted by Gasteiger charge is 2.30. The summed E-state index contributed by atoms with van der Waals surface area (Å²) in [5.74, 6) is 3.22. The highest BCUT2D eigenvalue weighted by atomic mass is 16.5. The zero-order valence-electron chi connectivity index (χ0n) is 19.4. The van der Waals surface area contributed by atoms with Gasteiger partial charge in [-0.25, -0.2) is 15.0 Å². The molecule has 2 fully saturated rings. The fraction of sp³-hybridized carbons (Fsp3) is 0.423. The van der Waals surface area contributed by atoms with Gasteiger partial charge in [0.15, 0.2) is 11.6 Å². The van der Waals surface area contributed by atoms with E-state index in [0.717, 1.165) is 47.8 Å². The molecule has 2 aromatic heterocycles. The second-order valence-electron chi connectivity index (χ2n) is 9.17. The molecule has 0 radical (unpaired) electrons. The van der Waals surface area contributed by atoms with E-state index in [2.05, 4.69) is 29.8 Å². The van der Waals surface area contributed by atoms with Crippen molar-refractivity contribution in [3.63, 3.8) is 0 Å². The van der Waals surface area contributed by atoms with Crippen LogP contribution in [0.2, 0.25) is 0 Å². The number of ether oxygens (including phenoxy) is 2. The van der Waals surface area contributed by atoms with Crippen molar-refractivity contribution >= 4 is 11.6 Å². The van der Waals surface area contributed by atoms with Crippen LogP contribution in [-0.2, 0) is 4.74 Å². The number of pyridine rings is 1. The van der Waals surface area contributed by atoms with Gasteiger partial charge in [0.05, 0.1) is 24.4 Å². The first-order valence-electron chi connectivity index (χ1n) is 11.7. The van der Waals surface area contributed by atoms with Gasteiger partial charge < -0.3 is 20.1 Å². The van der Waals surface area contributed by atoms with E-state index in [1.54, 1.807) is 6.20 Å². The number of hydrogen-bond acceptors (Lipinski definition) is 7. The van der Waals surface area contributed by atoms with Gasteiger partial charge in [-0.2, -0.15) is 0 Å². The third-order valence-electron chi connectivity index (χ3n) is 6.32. The minimum atomic E-state index is -0.149. The average Bonchev–Trinajstić information content (AvgIpc) is 3.68. The summed E-state index contributed by atoms with van der Waals surface area (Å²) in [7, 11) is 0. The van der Waals surface area contributed by atoms with Crippen molar-refractivity contribution in [3.8, 4) is 17.0 Å². The van der Waals surface area contributed by atoms with Crippen LogP contribution in [0.5, 0.6) is 5.75 Å². The smallest absolute Gasteiger partial charge is 0.166 e. The van der Waals surface area contributed by atoms with Gasteiger partial charge >= 0.3 is 0 Å². The lowest BCUT2D eigenvalue weighted by Crippen LogP contribution is -2.47. The van der Waals surface area contributed by atoms with Crippen LogP contribution in [0.3, 0.4) is 0 Å². The van der Waals surface area contributed by atoms with Gasteiger partial charge in [-0.1, -0.05) is 30.3 Å². The molecule has 5 rings (SSSR count). The first-order valence-corrected chi connectivity index (χ1v) is 11.7. The van der Waals surface area contributed by atoms with Crippen LogP contribution in [-0.4, -0.2) is 40.2 Å². The van der Waals surface area contributed by atoms with Gasteiger partial charge in [-0.15, -0.1) is 0 Å². The minimum Gasteiger partial charge on any atom is -0.482 e. The fourth-order valence-corrected chi connectivity index (χ4v) is 4.17. The molecular formula is C26H31N5O2. The maximum Gasteiger partial charge on any atom is 0.166 e. The Kier molecular flexibility index (Phi) is 5.89. The maximum atomic E-state index is 6.20. The molecule has 7 heteroatoms. The summed E-state index contributed by atoms with van der Waals surface area (Å²) < 4.78 is 12.0. The zero-order valence-corrected chi connectivity index (χ0v) is 19.4. The molecule has 1 saturated carbocycles. The summed E-state index contributed by atoms with van der Waals surface area (Å²) in [6.07, 6.45) is 4.07. The van der Waals surface area contributed by atoms with Crippen LogP contribution >= 0.6 is 0 Å². The average molecular weight is 446 g/mol. The van der Waals surface area contributed by atoms with Crippen LogP contribution in [0.25, 0.3) is 11.3 Å². The number of hydrogen-bond donors (Lipinski definition) is 1. The predicted molar refractivity (Wildman–Crippen MR) is 129 cm³/mol. The summed E-state index contributed by atoms with van der Waals surface area (Å²) in [6, 6.07) is 14.3. The summed E-state index contributed by atoms with van der Waals surface area (Å²) in [4.78, 5) is 16.6. The van der Waals surface area contributed by atoms with E-state index in [9.17, 15) is 0 Å². The highest BCUT2D eigenvalue weighted by molar-refractivity contribution is 5.67. The third kappa shape index (κ3) is 4.78. The van der Waals surface area contributed by atoms with E-state index in [-0.39, 0.29) is 18.2 Å². The van der Waals surface area contributed by atoms with Crippen molar-refractivity contribution in [1.29, 1.82) is 0 Å². The molecule has 1 unspecified atom stereocenters. The highest BCUT2D eigenvalue weighted by Crippen LogP contribution is 2.40. The van der Waals surface area contributed by atoms with E-state index in [1.165, 1.54) is 0 Å². The maximum absolute atomic E-state index is 6.20. The molecule has 3 heterocycles. The molecule has 7 nitrogen and oxygen atoms in total. The molecule has 1 saturated heterocycles. The Bertz CT molecular complexity index is 1120. The molecule has 33 heavy (non-hydrogen) atoms. The molecule has 0 spiro atoms. The van der Waals surface area contributed by atoms with Gasteiger partial charge in [-0.05, 0) is 45.2 Å². The third-order valence-corrected chi connectivity index (χ3v) is 6.32. The van der Waals surface area contributed by atoms with Crippen molar-refractivity contribution in [2.45, 2.75) is 57.8 Å². The Labute approximate surface area is 195 Å². The molecular weight excluding hydrogens is 414 g/mol. The summed E-state index contributed by atoms with van der Waals surface area (Å²) in [5.41, 5.74) is 8.97. The Morgan fingerprint density at radius 2 is 1.91 bits per heavy atom. The van der Waals surface area contributed by atoms with Crippen molar-refractivity contribution in [2.24, 2.45) is 0 Å². The van der Waals surface area contributed by atoms with Gasteiger partial charge in [0.2, 0.25) is 0 Å². The van der Waals surface area contributed by atoms with Crippen LogP contribution < -0.4 is 15.4 Å². The molecule has 3 atom stereocenters. The number of morpholine rings is 1. The molecule has 0 bridgehead atoms. The number of nitrogen functional groups attached to an aromatic ring is 1. The first-order chi connectivity index (χ1) is 16.0. The molecule has 1 aliphatic heterocycles. The number of rotatable bonds is 6. The van der Waals surface area contributed by atoms with Gasteiger partial charge in [0.1, 0.15) is 17.7 Å². The van der Waals surface area contributed by atoms with Gasteiger partial charge in [0, 0.05) is 30.3 Å².